The maximum absolute atomic E-state index is 3.37. The van der Waals surface area contributed by atoms with E-state index < -0.39 is 0 Å². The lowest BCUT2D eigenvalue weighted by Crippen LogP contribution is -2.32. The van der Waals surface area contributed by atoms with Crippen molar-refractivity contribution in [2.75, 3.05) is 0 Å². The van der Waals surface area contributed by atoms with Gasteiger partial charge in [-0.3, -0.25) is 0 Å². The average molecular weight is 485 g/mol. The molecule has 0 N–H and O–H groups in total. The summed E-state index contributed by atoms with van der Waals surface area (Å²) in [6.07, 6.45) is 24.2. The highest BCUT2D eigenvalue weighted by atomic mass is 127. The van der Waals surface area contributed by atoms with Crippen molar-refractivity contribution in [2.45, 2.75) is 142 Å². The molecule has 0 bridgehead atoms. The fraction of sp³-hybridized carbons (Fsp3) is 1.00. The summed E-state index contributed by atoms with van der Waals surface area (Å²) >= 11 is 0. The van der Waals surface area contributed by atoms with Gasteiger partial charge in [-0.2, -0.15) is 0 Å². The maximum Gasteiger partial charge on any atom is -0.0122 e. The van der Waals surface area contributed by atoms with Gasteiger partial charge in [0.25, 0.3) is 0 Å². The van der Waals surface area contributed by atoms with E-state index in [1.54, 1.807) is 0 Å². The van der Waals surface area contributed by atoms with Crippen molar-refractivity contribution in [1.82, 2.24) is 0 Å². The van der Waals surface area contributed by atoms with Crippen molar-refractivity contribution in [1.29, 1.82) is 0 Å². The second kappa shape index (κ2) is 19.9. The zero-order chi connectivity index (χ0) is 18.1. The van der Waals surface area contributed by atoms with E-state index in [9.17, 15) is 0 Å². The van der Waals surface area contributed by atoms with Gasteiger partial charge in [-0.1, -0.05) is 111 Å². The number of unbranched alkanes of at least 4 members (excludes halogenated alkanes) is 9. The molecule has 2 heteroatoms. The SMILES string of the molecule is CCCCCCCCCC(CCCC)C(P)(CCCC)CCCC.I. The number of halogens is 1. The van der Waals surface area contributed by atoms with Crippen molar-refractivity contribution >= 4 is 33.2 Å². The molecular weight excluding hydrogens is 434 g/mol. The molecule has 0 aromatic carbocycles. The minimum Gasteiger partial charge on any atom is -0.131 e. The Morgan fingerprint density at radius 1 is 0.560 bits per heavy atom. The first-order valence-corrected chi connectivity index (χ1v) is 12.0. The van der Waals surface area contributed by atoms with E-state index in [1.807, 2.05) is 0 Å². The van der Waals surface area contributed by atoms with Gasteiger partial charge in [0.15, 0.2) is 0 Å². The smallest absolute Gasteiger partial charge is 0.0122 e. The van der Waals surface area contributed by atoms with Crippen molar-refractivity contribution in [3.8, 4) is 0 Å². The summed E-state index contributed by atoms with van der Waals surface area (Å²) in [4.78, 5) is 0. The Balaban J connectivity index is 0. The molecule has 2 atom stereocenters. The second-order valence-corrected chi connectivity index (χ2v) is 9.34. The van der Waals surface area contributed by atoms with Crippen LogP contribution < -0.4 is 0 Å². The average Bonchev–Trinajstić information content (AvgIpc) is 2.59. The largest absolute Gasteiger partial charge is 0.131 e. The summed E-state index contributed by atoms with van der Waals surface area (Å²) < 4.78 is 0. The van der Waals surface area contributed by atoms with Crippen LogP contribution in [0.4, 0.5) is 0 Å². The molecule has 0 rings (SSSR count). The monoisotopic (exact) mass is 484 g/mol. The molecule has 25 heavy (non-hydrogen) atoms. The van der Waals surface area contributed by atoms with Crippen LogP contribution >= 0.6 is 33.2 Å². The summed E-state index contributed by atoms with van der Waals surface area (Å²) in [6, 6.07) is 0. The molecule has 0 amide bonds. The van der Waals surface area contributed by atoms with E-state index in [1.165, 1.54) is 109 Å². The fourth-order valence-electron chi connectivity index (χ4n) is 4.06. The van der Waals surface area contributed by atoms with E-state index in [0.717, 1.165) is 5.92 Å². The molecule has 0 heterocycles. The predicted molar refractivity (Wildman–Crippen MR) is 133 cm³/mol. The van der Waals surface area contributed by atoms with Crippen LogP contribution in [0, 0.1) is 5.92 Å². The zero-order valence-corrected chi connectivity index (χ0v) is 21.6. The molecule has 2 unspecified atom stereocenters. The first-order chi connectivity index (χ1) is 11.6. The first kappa shape index (κ1) is 28.4. The Bertz CT molecular complexity index is 246. The molecule has 154 valence electrons. The van der Waals surface area contributed by atoms with Crippen LogP contribution in [0.2, 0.25) is 0 Å². The molecule has 0 saturated carbocycles. The van der Waals surface area contributed by atoms with Crippen molar-refractivity contribution < 1.29 is 0 Å². The third kappa shape index (κ3) is 14.8. The summed E-state index contributed by atoms with van der Waals surface area (Å²) in [5.41, 5.74) is 0. The van der Waals surface area contributed by atoms with Gasteiger partial charge in [0.2, 0.25) is 0 Å². The highest BCUT2D eigenvalue weighted by Crippen LogP contribution is 2.43. The molecule has 0 fully saturated rings. The van der Waals surface area contributed by atoms with Crippen LogP contribution in [0.25, 0.3) is 0 Å². The lowest BCUT2D eigenvalue weighted by molar-refractivity contribution is 0.274. The predicted octanol–water partition coefficient (Wildman–Crippen LogP) is 9.55. The van der Waals surface area contributed by atoms with Crippen molar-refractivity contribution in [3.05, 3.63) is 0 Å². The number of rotatable bonds is 18. The Hall–Kier alpha value is 1.16. The van der Waals surface area contributed by atoms with Gasteiger partial charge in [0.05, 0.1) is 0 Å². The molecule has 0 nitrogen and oxygen atoms in total. The molecule has 0 aromatic heterocycles. The highest BCUT2D eigenvalue weighted by Gasteiger charge is 2.32. The number of hydrogen-bond acceptors (Lipinski definition) is 0. The molecule has 0 spiro atoms. The van der Waals surface area contributed by atoms with Gasteiger partial charge in [-0.05, 0) is 36.8 Å². The molecule has 0 saturated heterocycles. The minimum atomic E-state index is 0. The Labute approximate surface area is 180 Å². The van der Waals surface area contributed by atoms with Gasteiger partial charge < -0.3 is 0 Å². The van der Waals surface area contributed by atoms with Gasteiger partial charge in [0.1, 0.15) is 0 Å². The van der Waals surface area contributed by atoms with Crippen molar-refractivity contribution in [3.63, 3.8) is 0 Å². The van der Waals surface area contributed by atoms with Gasteiger partial charge in [-0.15, -0.1) is 33.2 Å². The Morgan fingerprint density at radius 2 is 0.960 bits per heavy atom. The van der Waals surface area contributed by atoms with E-state index >= 15 is 0 Å². The maximum atomic E-state index is 3.37. The van der Waals surface area contributed by atoms with E-state index in [-0.39, 0.29) is 24.0 Å². The molecule has 0 aliphatic carbocycles. The topological polar surface area (TPSA) is 0 Å². The molecule has 0 aliphatic heterocycles. The van der Waals surface area contributed by atoms with Crippen LogP contribution in [0.1, 0.15) is 137 Å². The van der Waals surface area contributed by atoms with E-state index in [2.05, 4.69) is 36.9 Å². The lowest BCUT2D eigenvalue weighted by atomic mass is 9.77. The third-order valence-corrected chi connectivity index (χ3v) is 6.92. The summed E-state index contributed by atoms with van der Waals surface area (Å²) in [6.45, 7) is 9.36. The Kier molecular flexibility index (Phi) is 22.6. The molecular formula is C23H50IP. The molecule has 0 aliphatic rings. The van der Waals surface area contributed by atoms with Gasteiger partial charge in [0, 0.05) is 0 Å². The van der Waals surface area contributed by atoms with Crippen LogP contribution in [-0.2, 0) is 0 Å². The Morgan fingerprint density at radius 3 is 1.44 bits per heavy atom. The molecule has 0 aromatic rings. The third-order valence-electron chi connectivity index (χ3n) is 5.87. The summed E-state index contributed by atoms with van der Waals surface area (Å²) in [7, 11) is 3.37. The minimum absolute atomic E-state index is 0. The van der Waals surface area contributed by atoms with Gasteiger partial charge in [-0.25, -0.2) is 0 Å². The van der Waals surface area contributed by atoms with Crippen LogP contribution in [0.15, 0.2) is 0 Å². The lowest BCUT2D eigenvalue weighted by Gasteiger charge is -2.39. The fourth-order valence-corrected chi connectivity index (χ4v) is 4.80. The normalized spacial score (nSPS) is 12.8. The highest BCUT2D eigenvalue weighted by molar-refractivity contribution is 14.0. The zero-order valence-electron chi connectivity index (χ0n) is 18.1. The first-order valence-electron chi connectivity index (χ1n) is 11.4. The standard InChI is InChI=1S/C23H49P.HI/c1-5-9-13-14-15-16-17-19-22(18-10-6-2)23(24,20-11-7-3)21-12-8-4;/h22H,5-21,24H2,1-4H3;1H. The van der Waals surface area contributed by atoms with E-state index in [0.29, 0.717) is 5.16 Å². The van der Waals surface area contributed by atoms with Crippen molar-refractivity contribution in [2.24, 2.45) is 5.92 Å². The van der Waals surface area contributed by atoms with E-state index in [4.69, 9.17) is 0 Å². The second-order valence-electron chi connectivity index (χ2n) is 8.19. The quantitative estimate of drug-likeness (QED) is 0.103. The summed E-state index contributed by atoms with van der Waals surface area (Å²) in [5, 5.41) is 0.531. The van der Waals surface area contributed by atoms with Crippen LogP contribution in [-0.4, -0.2) is 5.16 Å². The van der Waals surface area contributed by atoms with Crippen LogP contribution in [0.3, 0.4) is 0 Å². The van der Waals surface area contributed by atoms with Crippen LogP contribution in [0.5, 0.6) is 0 Å². The summed E-state index contributed by atoms with van der Waals surface area (Å²) in [5.74, 6) is 0.941. The number of hydrogen-bond donors (Lipinski definition) is 0. The molecule has 0 radical (unpaired) electrons. The van der Waals surface area contributed by atoms with Gasteiger partial charge >= 0.3 is 0 Å².